The Kier molecular flexibility index (Phi) is 8.58. The molecule has 23 heavy (non-hydrogen) atoms. The van der Waals surface area contributed by atoms with Crippen molar-refractivity contribution >= 4 is 29.0 Å². The van der Waals surface area contributed by atoms with Gasteiger partial charge in [-0.2, -0.15) is 0 Å². The normalized spacial score (nSPS) is 10.5. The molecule has 0 atom stereocenters. The van der Waals surface area contributed by atoms with Gasteiger partial charge in [0.25, 0.3) is 0 Å². The molecule has 0 radical (unpaired) electrons. The van der Waals surface area contributed by atoms with Crippen LogP contribution in [-0.2, 0) is 9.47 Å². The number of esters is 1. The van der Waals surface area contributed by atoms with Crippen molar-refractivity contribution < 1.29 is 14.3 Å². The standard InChI is InChI=1S/C17H26N2O3S/c1-5-21-16(20)14-8-7-13(4)15(11-14)19-17(23)18-9-6-10-22-12(2)3/h7-8,11-12H,5-6,9-10H2,1-4H3,(H2,18,19,23). The summed E-state index contributed by atoms with van der Waals surface area (Å²) in [7, 11) is 0. The molecule has 128 valence electrons. The van der Waals surface area contributed by atoms with Crippen LogP contribution in [0.2, 0.25) is 0 Å². The molecule has 0 aliphatic carbocycles. The van der Waals surface area contributed by atoms with Crippen LogP contribution >= 0.6 is 12.2 Å². The van der Waals surface area contributed by atoms with Crippen molar-refractivity contribution in [2.45, 2.75) is 40.2 Å². The highest BCUT2D eigenvalue weighted by Crippen LogP contribution is 2.17. The number of nitrogens with one attached hydrogen (secondary N) is 2. The van der Waals surface area contributed by atoms with E-state index in [0.717, 1.165) is 24.2 Å². The number of hydrogen-bond donors (Lipinski definition) is 2. The van der Waals surface area contributed by atoms with Crippen molar-refractivity contribution in [3.8, 4) is 0 Å². The molecule has 0 aliphatic rings. The van der Waals surface area contributed by atoms with Gasteiger partial charge in [-0.1, -0.05) is 6.07 Å². The molecular formula is C17H26N2O3S. The van der Waals surface area contributed by atoms with Crippen LogP contribution in [0, 0.1) is 6.92 Å². The number of carbonyl (C=O) groups is 1. The highest BCUT2D eigenvalue weighted by atomic mass is 32.1. The van der Waals surface area contributed by atoms with Gasteiger partial charge in [-0.25, -0.2) is 4.79 Å². The summed E-state index contributed by atoms with van der Waals surface area (Å²) in [5.74, 6) is -0.333. The van der Waals surface area contributed by atoms with E-state index in [0.29, 0.717) is 23.9 Å². The van der Waals surface area contributed by atoms with Gasteiger partial charge in [0.15, 0.2) is 5.11 Å². The van der Waals surface area contributed by atoms with Crippen LogP contribution in [0.15, 0.2) is 18.2 Å². The van der Waals surface area contributed by atoms with Crippen molar-refractivity contribution in [1.29, 1.82) is 0 Å². The molecule has 1 aromatic carbocycles. The first-order valence-electron chi connectivity index (χ1n) is 7.88. The maximum absolute atomic E-state index is 11.8. The summed E-state index contributed by atoms with van der Waals surface area (Å²) in [5, 5.41) is 6.78. The van der Waals surface area contributed by atoms with Gasteiger partial charge in [-0.3, -0.25) is 0 Å². The molecule has 0 aliphatic heterocycles. The lowest BCUT2D eigenvalue weighted by Gasteiger charge is -2.14. The topological polar surface area (TPSA) is 59.6 Å². The number of ether oxygens (including phenoxy) is 2. The summed E-state index contributed by atoms with van der Waals surface area (Å²) < 4.78 is 10.5. The molecule has 0 bridgehead atoms. The zero-order valence-electron chi connectivity index (χ0n) is 14.3. The van der Waals surface area contributed by atoms with E-state index >= 15 is 0 Å². The Morgan fingerprint density at radius 2 is 2.09 bits per heavy atom. The largest absolute Gasteiger partial charge is 0.462 e. The first-order chi connectivity index (χ1) is 10.9. The fraction of sp³-hybridized carbons (Fsp3) is 0.529. The summed E-state index contributed by atoms with van der Waals surface area (Å²) in [5.41, 5.74) is 2.31. The van der Waals surface area contributed by atoms with Crippen molar-refractivity contribution in [3.05, 3.63) is 29.3 Å². The molecule has 1 rings (SSSR count). The average Bonchev–Trinajstić information content (AvgIpc) is 2.49. The second kappa shape index (κ2) is 10.2. The minimum absolute atomic E-state index is 0.244. The molecule has 0 fully saturated rings. The van der Waals surface area contributed by atoms with Gasteiger partial charge < -0.3 is 20.1 Å². The Morgan fingerprint density at radius 1 is 1.35 bits per heavy atom. The van der Waals surface area contributed by atoms with Crippen LogP contribution in [-0.4, -0.2) is 36.9 Å². The molecule has 5 nitrogen and oxygen atoms in total. The number of carbonyl (C=O) groups excluding carboxylic acids is 1. The molecule has 2 N–H and O–H groups in total. The second-order valence-electron chi connectivity index (χ2n) is 5.40. The van der Waals surface area contributed by atoms with Gasteiger partial charge >= 0.3 is 5.97 Å². The second-order valence-corrected chi connectivity index (χ2v) is 5.81. The number of hydrogen-bond acceptors (Lipinski definition) is 4. The van der Waals surface area contributed by atoms with Crippen LogP contribution in [0.1, 0.15) is 43.1 Å². The summed E-state index contributed by atoms with van der Waals surface area (Å²) in [6.07, 6.45) is 1.12. The van der Waals surface area contributed by atoms with E-state index in [2.05, 4.69) is 10.6 Å². The lowest BCUT2D eigenvalue weighted by Crippen LogP contribution is -2.30. The smallest absolute Gasteiger partial charge is 0.338 e. The van der Waals surface area contributed by atoms with E-state index < -0.39 is 0 Å². The van der Waals surface area contributed by atoms with Crippen molar-refractivity contribution in [1.82, 2.24) is 5.32 Å². The quantitative estimate of drug-likeness (QED) is 0.431. The van der Waals surface area contributed by atoms with Crippen LogP contribution in [0.3, 0.4) is 0 Å². The number of anilines is 1. The zero-order chi connectivity index (χ0) is 17.2. The third-order valence-electron chi connectivity index (χ3n) is 3.05. The van der Waals surface area contributed by atoms with E-state index in [9.17, 15) is 4.79 Å². The van der Waals surface area contributed by atoms with Gasteiger partial charge in [-0.05, 0) is 64.0 Å². The Bertz CT molecular complexity index is 533. The molecule has 0 heterocycles. The van der Waals surface area contributed by atoms with Crippen LogP contribution < -0.4 is 10.6 Å². The van der Waals surface area contributed by atoms with Crippen LogP contribution in [0.5, 0.6) is 0 Å². The average molecular weight is 338 g/mol. The highest BCUT2D eigenvalue weighted by Gasteiger charge is 2.09. The minimum Gasteiger partial charge on any atom is -0.462 e. The van der Waals surface area contributed by atoms with Crippen molar-refractivity contribution in [2.75, 3.05) is 25.1 Å². The third-order valence-corrected chi connectivity index (χ3v) is 3.30. The Hall–Kier alpha value is -1.66. The molecule has 0 saturated heterocycles. The SMILES string of the molecule is CCOC(=O)c1ccc(C)c(NC(=S)NCCCOC(C)C)c1. The number of aryl methyl sites for hydroxylation is 1. The third kappa shape index (κ3) is 7.43. The monoisotopic (exact) mass is 338 g/mol. The molecule has 6 heteroatoms. The summed E-state index contributed by atoms with van der Waals surface area (Å²) >= 11 is 5.28. The molecular weight excluding hydrogens is 312 g/mol. The summed E-state index contributed by atoms with van der Waals surface area (Å²) in [4.78, 5) is 11.8. The molecule has 0 amide bonds. The fourth-order valence-corrected chi connectivity index (χ4v) is 2.07. The predicted octanol–water partition coefficient (Wildman–Crippen LogP) is 3.27. The lowest BCUT2D eigenvalue weighted by atomic mass is 10.1. The Balaban J connectivity index is 2.50. The van der Waals surface area contributed by atoms with E-state index in [-0.39, 0.29) is 12.1 Å². The number of benzene rings is 1. The summed E-state index contributed by atoms with van der Waals surface area (Å²) in [6, 6.07) is 5.37. The van der Waals surface area contributed by atoms with E-state index in [1.54, 1.807) is 19.1 Å². The fourth-order valence-electron chi connectivity index (χ4n) is 1.86. The maximum atomic E-state index is 11.8. The van der Waals surface area contributed by atoms with Gasteiger partial charge in [-0.15, -0.1) is 0 Å². The van der Waals surface area contributed by atoms with E-state index in [1.807, 2.05) is 26.8 Å². The molecule has 0 unspecified atom stereocenters. The first kappa shape index (κ1) is 19.4. The van der Waals surface area contributed by atoms with Crippen LogP contribution in [0.25, 0.3) is 0 Å². The van der Waals surface area contributed by atoms with Gasteiger partial charge in [0, 0.05) is 18.8 Å². The predicted molar refractivity (Wildman–Crippen MR) is 97.1 cm³/mol. The van der Waals surface area contributed by atoms with Crippen molar-refractivity contribution in [3.63, 3.8) is 0 Å². The van der Waals surface area contributed by atoms with Gasteiger partial charge in [0.05, 0.1) is 18.3 Å². The van der Waals surface area contributed by atoms with E-state index in [1.165, 1.54) is 0 Å². The lowest BCUT2D eigenvalue weighted by molar-refractivity contribution is 0.0526. The number of thiocarbonyl (C=S) groups is 1. The molecule has 0 saturated carbocycles. The highest BCUT2D eigenvalue weighted by molar-refractivity contribution is 7.80. The maximum Gasteiger partial charge on any atom is 0.338 e. The Morgan fingerprint density at radius 3 is 2.74 bits per heavy atom. The van der Waals surface area contributed by atoms with Crippen molar-refractivity contribution in [2.24, 2.45) is 0 Å². The minimum atomic E-state index is -0.333. The van der Waals surface area contributed by atoms with Gasteiger partial charge in [0.2, 0.25) is 0 Å². The molecule has 0 aromatic heterocycles. The number of rotatable bonds is 8. The molecule has 1 aromatic rings. The zero-order valence-corrected chi connectivity index (χ0v) is 15.1. The molecule has 0 spiro atoms. The van der Waals surface area contributed by atoms with Gasteiger partial charge in [0.1, 0.15) is 0 Å². The van der Waals surface area contributed by atoms with Crippen LogP contribution in [0.4, 0.5) is 5.69 Å². The van der Waals surface area contributed by atoms with E-state index in [4.69, 9.17) is 21.7 Å². The Labute approximate surface area is 143 Å². The first-order valence-corrected chi connectivity index (χ1v) is 8.29. The summed E-state index contributed by atoms with van der Waals surface area (Å²) in [6.45, 7) is 9.55.